The molecule has 0 aliphatic carbocycles. The van der Waals surface area contributed by atoms with Crippen LogP contribution in [0.3, 0.4) is 0 Å². The monoisotopic (exact) mass is 341 g/mol. The van der Waals surface area contributed by atoms with Crippen LogP contribution in [0.25, 0.3) is 0 Å². The van der Waals surface area contributed by atoms with Gasteiger partial charge in [-0.05, 0) is 19.1 Å². The molecule has 1 aromatic carbocycles. The molecule has 2 amide bonds. The van der Waals surface area contributed by atoms with Crippen molar-refractivity contribution in [1.29, 1.82) is 0 Å². The first-order valence-electron chi connectivity index (χ1n) is 8.60. The number of nitrogens with zero attached hydrogens (tertiary/aromatic N) is 1. The van der Waals surface area contributed by atoms with Crippen LogP contribution in [0, 0.1) is 18.8 Å². The van der Waals surface area contributed by atoms with Crippen molar-refractivity contribution in [1.82, 2.24) is 0 Å². The average molecular weight is 341 g/mol. The first-order valence-corrected chi connectivity index (χ1v) is 8.60. The van der Waals surface area contributed by atoms with Gasteiger partial charge in [0.25, 0.3) is 0 Å². The third-order valence-electron chi connectivity index (χ3n) is 5.48. The highest BCUT2D eigenvalue weighted by molar-refractivity contribution is 6.23. The van der Waals surface area contributed by atoms with E-state index in [-0.39, 0.29) is 30.6 Å². The summed E-state index contributed by atoms with van der Waals surface area (Å²) in [6.45, 7) is 3.45. The van der Waals surface area contributed by atoms with Gasteiger partial charge in [-0.15, -0.1) is 0 Å². The molecule has 2 bridgehead atoms. The van der Waals surface area contributed by atoms with E-state index in [1.54, 1.807) is 0 Å². The number of carbonyl (C=O) groups is 2. The minimum Gasteiger partial charge on any atom is -0.375 e. The molecule has 3 saturated heterocycles. The van der Waals surface area contributed by atoms with Crippen LogP contribution in [0.1, 0.15) is 5.56 Å². The summed E-state index contributed by atoms with van der Waals surface area (Å²) in [6.07, 6.45) is 3.59. The van der Waals surface area contributed by atoms with Crippen LogP contribution < -0.4 is 4.90 Å². The van der Waals surface area contributed by atoms with Gasteiger partial charge in [0.15, 0.2) is 0 Å². The Kier molecular flexibility index (Phi) is 3.20. The molecule has 1 aromatic rings. The summed E-state index contributed by atoms with van der Waals surface area (Å²) in [6, 6.07) is 7.44. The molecule has 6 heteroatoms. The highest BCUT2D eigenvalue weighted by Gasteiger charge is 2.67. The van der Waals surface area contributed by atoms with E-state index in [1.165, 1.54) is 4.90 Å². The van der Waals surface area contributed by atoms with Crippen LogP contribution in [-0.2, 0) is 23.8 Å². The molecule has 4 heterocycles. The zero-order valence-electron chi connectivity index (χ0n) is 13.9. The fourth-order valence-corrected chi connectivity index (χ4v) is 4.13. The van der Waals surface area contributed by atoms with E-state index >= 15 is 0 Å². The lowest BCUT2D eigenvalue weighted by atomic mass is 9.77. The summed E-state index contributed by atoms with van der Waals surface area (Å²) >= 11 is 0. The van der Waals surface area contributed by atoms with Gasteiger partial charge in [0.2, 0.25) is 11.8 Å². The van der Waals surface area contributed by atoms with Gasteiger partial charge >= 0.3 is 0 Å². The lowest BCUT2D eigenvalue weighted by Gasteiger charge is -2.28. The molecule has 25 heavy (non-hydrogen) atoms. The first kappa shape index (κ1) is 15.3. The summed E-state index contributed by atoms with van der Waals surface area (Å²) in [5.41, 5.74) is 0.869. The zero-order valence-corrected chi connectivity index (χ0v) is 13.9. The highest BCUT2D eigenvalue weighted by Crippen LogP contribution is 2.52. The molecule has 0 radical (unpaired) electrons. The average Bonchev–Trinajstić information content (AvgIpc) is 3.15. The summed E-state index contributed by atoms with van der Waals surface area (Å²) < 4.78 is 16.9. The molecule has 0 N–H and O–H groups in total. The maximum absolute atomic E-state index is 13.1. The van der Waals surface area contributed by atoms with Crippen LogP contribution in [0.4, 0.5) is 5.69 Å². The summed E-state index contributed by atoms with van der Waals surface area (Å²) in [4.78, 5) is 27.4. The van der Waals surface area contributed by atoms with Crippen molar-refractivity contribution in [2.24, 2.45) is 11.8 Å². The van der Waals surface area contributed by atoms with Crippen molar-refractivity contribution in [3.63, 3.8) is 0 Å². The largest absolute Gasteiger partial charge is 0.375 e. The molecule has 4 aliphatic heterocycles. The Morgan fingerprint density at radius 3 is 2.72 bits per heavy atom. The van der Waals surface area contributed by atoms with Gasteiger partial charge in [0, 0.05) is 0 Å². The standard InChI is InChI=1S/C19H19NO5/c1-11-2-4-12(5-3-11)20-17(21)15-14-6-7-19(25-14,16(15)18(20)22)10-23-8-13-9-24-13/h2-7,13-16H,8-10H2,1H3/t13-,14+,15+,16-,19-/m0/s1. The number of rotatable bonds is 5. The number of amides is 2. The van der Waals surface area contributed by atoms with Crippen LogP contribution in [0.15, 0.2) is 36.4 Å². The van der Waals surface area contributed by atoms with Crippen LogP contribution in [0.2, 0.25) is 0 Å². The molecule has 0 saturated carbocycles. The van der Waals surface area contributed by atoms with Crippen LogP contribution in [-0.4, -0.2) is 49.4 Å². The summed E-state index contributed by atoms with van der Waals surface area (Å²) in [5, 5.41) is 0. The highest BCUT2D eigenvalue weighted by atomic mass is 16.6. The number of anilines is 1. The fraction of sp³-hybridized carbons (Fsp3) is 0.474. The lowest BCUT2D eigenvalue weighted by molar-refractivity contribution is -0.129. The molecule has 5 atom stereocenters. The Bertz CT molecular complexity index is 769. The normalized spacial score (nSPS) is 37.9. The van der Waals surface area contributed by atoms with Gasteiger partial charge in [0.1, 0.15) is 11.7 Å². The fourth-order valence-electron chi connectivity index (χ4n) is 4.13. The number of fused-ring (bicyclic) bond motifs is 5. The van der Waals surface area contributed by atoms with Crippen LogP contribution in [0.5, 0.6) is 0 Å². The van der Waals surface area contributed by atoms with Gasteiger partial charge < -0.3 is 14.2 Å². The maximum atomic E-state index is 13.1. The Labute approximate surface area is 145 Å². The van der Waals surface area contributed by atoms with Crippen molar-refractivity contribution in [3.8, 4) is 0 Å². The lowest BCUT2D eigenvalue weighted by Crippen LogP contribution is -2.44. The van der Waals surface area contributed by atoms with E-state index in [0.717, 1.165) is 12.2 Å². The second-order valence-electron chi connectivity index (χ2n) is 7.22. The van der Waals surface area contributed by atoms with Gasteiger partial charge in [-0.1, -0.05) is 29.8 Å². The maximum Gasteiger partial charge on any atom is 0.241 e. The first-order chi connectivity index (χ1) is 12.1. The third kappa shape index (κ3) is 2.21. The van der Waals surface area contributed by atoms with Crippen LogP contribution >= 0.6 is 0 Å². The number of imide groups is 1. The van der Waals surface area contributed by atoms with Gasteiger partial charge in [-0.25, -0.2) is 4.90 Å². The minimum absolute atomic E-state index is 0.153. The van der Waals surface area contributed by atoms with Crippen molar-refractivity contribution >= 4 is 17.5 Å². The smallest absolute Gasteiger partial charge is 0.241 e. The van der Waals surface area contributed by atoms with Crippen molar-refractivity contribution < 1.29 is 23.8 Å². The Morgan fingerprint density at radius 1 is 1.24 bits per heavy atom. The van der Waals surface area contributed by atoms with Crippen molar-refractivity contribution in [3.05, 3.63) is 42.0 Å². The molecule has 4 aliphatic rings. The van der Waals surface area contributed by atoms with E-state index in [1.807, 2.05) is 43.3 Å². The number of benzene rings is 1. The predicted octanol–water partition coefficient (Wildman–Crippen LogP) is 1.22. The van der Waals surface area contributed by atoms with E-state index in [9.17, 15) is 9.59 Å². The van der Waals surface area contributed by atoms with E-state index in [2.05, 4.69) is 0 Å². The molecule has 130 valence electrons. The molecule has 5 rings (SSSR count). The molecule has 3 fully saturated rings. The van der Waals surface area contributed by atoms with Gasteiger partial charge in [-0.2, -0.15) is 0 Å². The Balaban J connectivity index is 1.43. The number of aryl methyl sites for hydroxylation is 1. The number of hydrogen-bond donors (Lipinski definition) is 0. The second-order valence-corrected chi connectivity index (χ2v) is 7.22. The molecular weight excluding hydrogens is 322 g/mol. The number of hydrogen-bond acceptors (Lipinski definition) is 5. The zero-order chi connectivity index (χ0) is 17.2. The quantitative estimate of drug-likeness (QED) is 0.458. The second kappa shape index (κ2) is 5.24. The SMILES string of the molecule is Cc1ccc(N2C(=O)[C@H]3[C@@H](C2=O)[C@@]2(COC[C@H]4CO4)C=C[C@H]3O2)cc1. The molecule has 0 spiro atoms. The van der Waals surface area contributed by atoms with E-state index in [4.69, 9.17) is 14.2 Å². The number of carbonyl (C=O) groups excluding carboxylic acids is 2. The van der Waals surface area contributed by atoms with Gasteiger partial charge in [-0.3, -0.25) is 9.59 Å². The molecule has 0 aromatic heterocycles. The summed E-state index contributed by atoms with van der Waals surface area (Å²) in [5.74, 6) is -1.35. The molecular formula is C19H19NO5. The topological polar surface area (TPSA) is 68.4 Å². The van der Waals surface area contributed by atoms with E-state index in [0.29, 0.717) is 12.3 Å². The number of epoxide rings is 1. The third-order valence-corrected chi connectivity index (χ3v) is 5.48. The predicted molar refractivity (Wildman–Crippen MR) is 88.0 cm³/mol. The minimum atomic E-state index is -0.837. The number of ether oxygens (including phenoxy) is 3. The van der Waals surface area contributed by atoms with E-state index < -0.39 is 17.4 Å². The Morgan fingerprint density at radius 2 is 2.00 bits per heavy atom. The van der Waals surface area contributed by atoms with Crippen molar-refractivity contribution in [2.75, 3.05) is 24.7 Å². The van der Waals surface area contributed by atoms with Gasteiger partial charge in [0.05, 0.1) is 43.4 Å². The molecule has 6 nitrogen and oxygen atoms in total. The van der Waals surface area contributed by atoms with Crippen molar-refractivity contribution in [2.45, 2.75) is 24.7 Å². The summed E-state index contributed by atoms with van der Waals surface area (Å²) in [7, 11) is 0. The molecule has 0 unspecified atom stereocenters. The Hall–Kier alpha value is -2.02.